The predicted octanol–water partition coefficient (Wildman–Crippen LogP) is -4.66. The van der Waals surface area contributed by atoms with E-state index in [1.165, 1.54) is 0 Å². The molecule has 5 heavy (non-hydrogen) atoms. The van der Waals surface area contributed by atoms with Crippen molar-refractivity contribution in [3.05, 3.63) is 0 Å². The monoisotopic (exact) mass is 68.0 g/mol. The van der Waals surface area contributed by atoms with Gasteiger partial charge in [0, 0.05) is 6.61 Å². The van der Waals surface area contributed by atoms with Gasteiger partial charge in [-0.05, 0) is 0 Å². The van der Waals surface area contributed by atoms with Crippen molar-refractivity contribution in [1.82, 2.24) is 0 Å². The van der Waals surface area contributed by atoms with Crippen molar-refractivity contribution in [3.8, 4) is 0 Å². The maximum atomic E-state index is 9.05. The Hall–Kier alpha value is 0.517. The van der Waals surface area contributed by atoms with E-state index in [1.807, 2.05) is 0 Å². The molecule has 0 bridgehead atoms. The molecule has 0 rings (SSSR count). The van der Waals surface area contributed by atoms with Gasteiger partial charge >= 0.3 is 18.9 Å². The molecule has 26 valence electrons. The first-order valence-electron chi connectivity index (χ1n) is 1.10. The van der Waals surface area contributed by atoms with Crippen LogP contribution in [-0.2, 0) is 0 Å². The average Bonchev–Trinajstić information content (AvgIpc) is 1.37. The third-order valence-corrected chi connectivity index (χ3v) is 0.0913. The van der Waals surface area contributed by atoms with E-state index in [1.54, 1.807) is 0 Å². The van der Waals surface area contributed by atoms with Gasteiger partial charge in [-0.25, -0.2) is 0 Å². The van der Waals surface area contributed by atoms with Crippen molar-refractivity contribution in [2.24, 2.45) is 0 Å². The first-order valence-corrected chi connectivity index (χ1v) is 1.10. The zero-order valence-corrected chi connectivity index (χ0v) is 3.27. The summed E-state index contributed by atoms with van der Waals surface area (Å²) in [7, 11) is 0. The van der Waals surface area contributed by atoms with Crippen LogP contribution in [0.4, 0.5) is 0 Å². The van der Waals surface area contributed by atoms with E-state index in [-0.39, 0.29) is 32.1 Å². The van der Waals surface area contributed by atoms with Crippen LogP contribution in [-0.4, -0.2) is 18.3 Å². The minimum absolute atomic E-state index is 0. The van der Waals surface area contributed by atoms with Gasteiger partial charge in [0.05, 0.1) is 0 Å². The molecule has 0 fully saturated rings. The van der Waals surface area contributed by atoms with Gasteiger partial charge in [0.2, 0.25) is 0 Å². The van der Waals surface area contributed by atoms with Crippen LogP contribution in [0, 0.1) is 0 Å². The van der Waals surface area contributed by atoms with Crippen molar-refractivity contribution in [2.45, 2.75) is 0 Å². The van der Waals surface area contributed by atoms with E-state index >= 15 is 0 Å². The Morgan fingerprint density at radius 3 is 1.80 bits per heavy atom. The molecule has 0 saturated heterocycles. The van der Waals surface area contributed by atoms with E-state index < -0.39 is 0 Å². The predicted molar refractivity (Wildman–Crippen MR) is 12.0 cm³/mol. The van der Waals surface area contributed by atoms with Gasteiger partial charge in [-0.1, -0.05) is 0 Å². The first-order chi connectivity index (χ1) is 1.91. The van der Waals surface area contributed by atoms with Gasteiger partial charge in [-0.15, -0.1) is 6.61 Å². The number of rotatable bonds is 1. The van der Waals surface area contributed by atoms with Crippen LogP contribution in [0.5, 0.6) is 0 Å². The molecular weight excluding hydrogens is 63.0 g/mol. The largest absolute Gasteiger partial charge is 1.00 e. The van der Waals surface area contributed by atoms with Crippen molar-refractivity contribution >= 4 is 0 Å². The fraction of sp³-hybridized carbons (Fsp3) is 1.00. The molecule has 0 aliphatic heterocycles. The fourth-order valence-corrected chi connectivity index (χ4v) is 0. The van der Waals surface area contributed by atoms with E-state index in [4.69, 9.17) is 10.2 Å². The molecule has 0 aromatic rings. The number of hydrogen-bond donors (Lipinski definition) is 1. The van der Waals surface area contributed by atoms with Crippen LogP contribution in [0.1, 0.15) is 0 Å². The van der Waals surface area contributed by atoms with Crippen molar-refractivity contribution in [2.75, 3.05) is 13.2 Å². The number of aliphatic hydroxyl groups is 1. The molecule has 0 aromatic carbocycles. The van der Waals surface area contributed by atoms with Crippen LogP contribution in [0.25, 0.3) is 0 Å². The summed E-state index contributed by atoms with van der Waals surface area (Å²) in [5.41, 5.74) is 0. The van der Waals surface area contributed by atoms with Crippen LogP contribution in [0.2, 0.25) is 0 Å². The maximum Gasteiger partial charge on any atom is 1.00 e. The molecule has 0 aromatic heterocycles. The van der Waals surface area contributed by atoms with Crippen LogP contribution < -0.4 is 24.0 Å². The summed E-state index contributed by atoms with van der Waals surface area (Å²) in [4.78, 5) is 0. The maximum absolute atomic E-state index is 9.05. The van der Waals surface area contributed by atoms with Crippen molar-refractivity contribution in [1.29, 1.82) is 0 Å². The molecule has 1 N–H and O–H groups in total. The van der Waals surface area contributed by atoms with E-state index in [2.05, 4.69) is 0 Å². The number of hydrogen-bond acceptors (Lipinski definition) is 2. The molecule has 0 heterocycles. The quantitative estimate of drug-likeness (QED) is 0.314. The zero-order chi connectivity index (χ0) is 3.41. The molecule has 0 unspecified atom stereocenters. The van der Waals surface area contributed by atoms with E-state index in [0.29, 0.717) is 0 Å². The molecule has 0 saturated carbocycles. The Balaban J connectivity index is 0. The summed E-state index contributed by atoms with van der Waals surface area (Å²) < 4.78 is 0. The van der Waals surface area contributed by atoms with Gasteiger partial charge in [0.25, 0.3) is 0 Å². The normalized spacial score (nSPS) is 6.00. The summed E-state index contributed by atoms with van der Waals surface area (Å²) in [5, 5.41) is 16.6. The smallest absolute Gasteiger partial charge is 0.853 e. The molecule has 0 radical (unpaired) electrons. The molecule has 0 aliphatic carbocycles. The summed E-state index contributed by atoms with van der Waals surface area (Å²) in [6.45, 7) is -0.611. The number of aliphatic hydroxyl groups excluding tert-OH is 1. The van der Waals surface area contributed by atoms with Crippen molar-refractivity contribution in [3.63, 3.8) is 0 Å². The Morgan fingerprint density at radius 1 is 1.60 bits per heavy atom. The minimum atomic E-state index is -0.375. The average molecular weight is 68.0 g/mol. The standard InChI is InChI=1S/C2H5O2.Li/c3-1-2-4;/h3H,1-2H2;/q-1;+1. The van der Waals surface area contributed by atoms with Crippen LogP contribution in [0.15, 0.2) is 0 Å². The van der Waals surface area contributed by atoms with Crippen molar-refractivity contribution < 1.29 is 29.1 Å². The van der Waals surface area contributed by atoms with Gasteiger partial charge < -0.3 is 10.2 Å². The molecule has 3 heteroatoms. The molecule has 0 amide bonds. The van der Waals surface area contributed by atoms with Gasteiger partial charge in [0.15, 0.2) is 0 Å². The summed E-state index contributed by atoms with van der Waals surface area (Å²) in [6, 6.07) is 0. The Morgan fingerprint density at radius 2 is 1.80 bits per heavy atom. The Bertz CT molecular complexity index is 9.61. The van der Waals surface area contributed by atoms with Gasteiger partial charge in [-0.2, -0.15) is 0 Å². The minimum Gasteiger partial charge on any atom is -0.853 e. The summed E-state index contributed by atoms with van der Waals surface area (Å²) in [5.74, 6) is 0. The van der Waals surface area contributed by atoms with Crippen LogP contribution in [0.3, 0.4) is 0 Å². The molecular formula is C2H5LiO2. The summed E-state index contributed by atoms with van der Waals surface area (Å²) in [6.07, 6.45) is 0. The first kappa shape index (κ1) is 9.10. The van der Waals surface area contributed by atoms with E-state index in [9.17, 15) is 0 Å². The Labute approximate surface area is 43.0 Å². The zero-order valence-electron chi connectivity index (χ0n) is 3.27. The molecule has 2 nitrogen and oxygen atoms in total. The summed E-state index contributed by atoms with van der Waals surface area (Å²) >= 11 is 0. The third-order valence-electron chi connectivity index (χ3n) is 0.0913. The molecule has 0 spiro atoms. The second kappa shape index (κ2) is 8.82. The molecule has 0 atom stereocenters. The van der Waals surface area contributed by atoms with Gasteiger partial charge in [-0.3, -0.25) is 0 Å². The fourth-order valence-electron chi connectivity index (χ4n) is 0. The van der Waals surface area contributed by atoms with E-state index in [0.717, 1.165) is 0 Å². The third kappa shape index (κ3) is 12.4. The topological polar surface area (TPSA) is 43.3 Å². The second-order valence-electron chi connectivity index (χ2n) is 0.428. The molecule has 0 aliphatic rings. The second-order valence-corrected chi connectivity index (χ2v) is 0.428. The van der Waals surface area contributed by atoms with Crippen LogP contribution >= 0.6 is 0 Å². The Kier molecular flexibility index (Phi) is 16.1. The SMILES string of the molecule is [Li+].[O-]CCO. The van der Waals surface area contributed by atoms with Gasteiger partial charge in [0.1, 0.15) is 0 Å².